The first kappa shape index (κ1) is 12.6. The third-order valence-electron chi connectivity index (χ3n) is 1.83. The molecule has 1 atom stereocenters. The van der Waals surface area contributed by atoms with Crippen molar-refractivity contribution < 1.29 is 4.21 Å². The van der Waals surface area contributed by atoms with Crippen LogP contribution in [-0.4, -0.2) is 32.1 Å². The van der Waals surface area contributed by atoms with E-state index in [0.717, 1.165) is 42.5 Å². The fraction of sp³-hybridized carbons (Fsp3) is 0.778. The van der Waals surface area contributed by atoms with Gasteiger partial charge in [-0.3, -0.25) is 4.21 Å². The van der Waals surface area contributed by atoms with Crippen LogP contribution in [-0.2, 0) is 17.2 Å². The molecule has 1 N–H and O–H groups in total. The summed E-state index contributed by atoms with van der Waals surface area (Å²) in [6.07, 6.45) is 4.65. The number of hydrogen-bond donors (Lipinski definition) is 1. The van der Waals surface area contributed by atoms with Crippen molar-refractivity contribution in [3.05, 3.63) is 5.82 Å². The van der Waals surface area contributed by atoms with Gasteiger partial charge < -0.3 is 5.32 Å². The smallest absolute Gasteiger partial charge is 0.202 e. The highest BCUT2D eigenvalue weighted by molar-refractivity contribution is 7.84. The van der Waals surface area contributed by atoms with E-state index in [-0.39, 0.29) is 0 Å². The maximum Gasteiger partial charge on any atom is 0.202 e. The molecule has 0 aliphatic carbocycles. The average Bonchev–Trinajstić information content (AvgIpc) is 2.61. The van der Waals surface area contributed by atoms with Gasteiger partial charge in [0.1, 0.15) is 5.82 Å². The molecule has 0 saturated heterocycles. The maximum absolute atomic E-state index is 10.8. The standard InChI is InChI=1S/C9H17N3OS2/c1-3-5-8-11-9(14-12-8)10-6-4-7-15(2)13/h3-7H2,1-2H3,(H,10,11,12). The number of aryl methyl sites for hydroxylation is 1. The SMILES string of the molecule is CCCc1nsc(NCCCS(C)=O)n1. The Labute approximate surface area is 97.1 Å². The van der Waals surface area contributed by atoms with Crippen molar-refractivity contribution in [2.24, 2.45) is 0 Å². The lowest BCUT2D eigenvalue weighted by Crippen LogP contribution is -2.05. The number of nitrogens with zero attached hydrogens (tertiary/aromatic N) is 2. The topological polar surface area (TPSA) is 54.9 Å². The second-order valence-corrected chi connectivity index (χ2v) is 5.63. The summed E-state index contributed by atoms with van der Waals surface area (Å²) in [7, 11) is -0.694. The van der Waals surface area contributed by atoms with Gasteiger partial charge >= 0.3 is 0 Å². The summed E-state index contributed by atoms with van der Waals surface area (Å²) in [5, 5.41) is 4.06. The average molecular weight is 247 g/mol. The van der Waals surface area contributed by atoms with Gasteiger partial charge in [-0.1, -0.05) is 6.92 Å². The Morgan fingerprint density at radius 2 is 2.33 bits per heavy atom. The molecule has 1 aromatic heterocycles. The van der Waals surface area contributed by atoms with Crippen molar-refractivity contribution in [3.63, 3.8) is 0 Å². The van der Waals surface area contributed by atoms with Crippen molar-refractivity contribution in [2.45, 2.75) is 26.2 Å². The predicted molar refractivity (Wildman–Crippen MR) is 65.9 cm³/mol. The second-order valence-electron chi connectivity index (χ2n) is 3.32. The van der Waals surface area contributed by atoms with Crippen molar-refractivity contribution >= 4 is 27.5 Å². The Morgan fingerprint density at radius 3 is 3.00 bits per heavy atom. The predicted octanol–water partition coefficient (Wildman–Crippen LogP) is 1.67. The summed E-state index contributed by atoms with van der Waals surface area (Å²) in [5.41, 5.74) is 0. The van der Waals surface area contributed by atoms with Crippen LogP contribution in [0.4, 0.5) is 5.13 Å². The van der Waals surface area contributed by atoms with Crippen LogP contribution in [0, 0.1) is 0 Å². The Bertz CT molecular complexity index is 314. The number of anilines is 1. The van der Waals surface area contributed by atoms with Crippen LogP contribution in [0.1, 0.15) is 25.6 Å². The van der Waals surface area contributed by atoms with E-state index in [9.17, 15) is 4.21 Å². The minimum absolute atomic E-state index is 0.694. The molecular weight excluding hydrogens is 230 g/mol. The van der Waals surface area contributed by atoms with Crippen molar-refractivity contribution in [1.29, 1.82) is 0 Å². The second kappa shape index (κ2) is 6.90. The minimum Gasteiger partial charge on any atom is -0.360 e. The zero-order chi connectivity index (χ0) is 11.1. The molecule has 0 aliphatic heterocycles. The van der Waals surface area contributed by atoms with Gasteiger partial charge in [-0.05, 0) is 12.8 Å². The first-order chi connectivity index (χ1) is 7.22. The quantitative estimate of drug-likeness (QED) is 0.745. The van der Waals surface area contributed by atoms with Crippen LogP contribution in [0.25, 0.3) is 0 Å². The number of aromatic nitrogens is 2. The van der Waals surface area contributed by atoms with E-state index in [0.29, 0.717) is 0 Å². The molecular formula is C9H17N3OS2. The first-order valence-corrected chi connectivity index (χ1v) is 7.59. The third kappa shape index (κ3) is 5.22. The number of hydrogen-bond acceptors (Lipinski definition) is 5. The van der Waals surface area contributed by atoms with Crippen LogP contribution in [0.5, 0.6) is 0 Å². The maximum atomic E-state index is 10.8. The molecule has 86 valence electrons. The molecule has 0 amide bonds. The minimum atomic E-state index is -0.694. The Hall–Kier alpha value is -0.490. The number of rotatable bonds is 7. The summed E-state index contributed by atoms with van der Waals surface area (Å²) in [4.78, 5) is 4.34. The van der Waals surface area contributed by atoms with Crippen molar-refractivity contribution in [2.75, 3.05) is 23.9 Å². The van der Waals surface area contributed by atoms with Crippen LogP contribution < -0.4 is 5.32 Å². The van der Waals surface area contributed by atoms with E-state index in [1.54, 1.807) is 6.26 Å². The van der Waals surface area contributed by atoms with E-state index in [4.69, 9.17) is 0 Å². The third-order valence-corrected chi connectivity index (χ3v) is 3.40. The lowest BCUT2D eigenvalue weighted by molar-refractivity contribution is 0.685. The summed E-state index contributed by atoms with van der Waals surface area (Å²) in [6.45, 7) is 2.94. The van der Waals surface area contributed by atoms with Crippen molar-refractivity contribution in [1.82, 2.24) is 9.36 Å². The highest BCUT2D eigenvalue weighted by atomic mass is 32.2. The number of nitrogens with one attached hydrogen (secondary N) is 1. The molecule has 0 saturated carbocycles. The molecule has 4 nitrogen and oxygen atoms in total. The molecule has 0 fully saturated rings. The largest absolute Gasteiger partial charge is 0.360 e. The summed E-state index contributed by atoms with van der Waals surface area (Å²) >= 11 is 1.40. The lowest BCUT2D eigenvalue weighted by Gasteiger charge is -1.99. The molecule has 0 aliphatic rings. The summed E-state index contributed by atoms with van der Waals surface area (Å²) in [5.74, 6) is 1.66. The van der Waals surface area contributed by atoms with E-state index in [1.165, 1.54) is 11.5 Å². The van der Waals surface area contributed by atoms with E-state index in [1.807, 2.05) is 0 Å². The molecule has 1 aromatic rings. The molecule has 0 aromatic carbocycles. The van der Waals surface area contributed by atoms with Gasteiger partial charge in [-0.2, -0.15) is 4.37 Å². The molecule has 1 rings (SSSR count). The van der Waals surface area contributed by atoms with Crippen LogP contribution in [0.3, 0.4) is 0 Å². The Kier molecular flexibility index (Phi) is 5.78. The molecule has 6 heteroatoms. The van der Waals surface area contributed by atoms with Gasteiger partial charge in [0.25, 0.3) is 0 Å². The van der Waals surface area contributed by atoms with E-state index in [2.05, 4.69) is 21.6 Å². The van der Waals surface area contributed by atoms with Crippen LogP contribution in [0.2, 0.25) is 0 Å². The summed E-state index contributed by atoms with van der Waals surface area (Å²) in [6, 6.07) is 0. The first-order valence-electron chi connectivity index (χ1n) is 5.09. The highest BCUT2D eigenvalue weighted by Crippen LogP contribution is 2.11. The van der Waals surface area contributed by atoms with Crippen LogP contribution in [0.15, 0.2) is 0 Å². The molecule has 1 heterocycles. The molecule has 0 bridgehead atoms. The zero-order valence-corrected chi connectivity index (χ0v) is 10.8. The van der Waals surface area contributed by atoms with Gasteiger partial charge in [0.15, 0.2) is 0 Å². The fourth-order valence-corrected chi connectivity index (χ4v) is 2.31. The van der Waals surface area contributed by atoms with Gasteiger partial charge in [0.2, 0.25) is 5.13 Å². The fourth-order valence-electron chi connectivity index (χ4n) is 1.12. The van der Waals surface area contributed by atoms with Crippen molar-refractivity contribution in [3.8, 4) is 0 Å². The molecule has 0 spiro atoms. The van der Waals surface area contributed by atoms with Crippen LogP contribution >= 0.6 is 11.5 Å². The highest BCUT2D eigenvalue weighted by Gasteiger charge is 2.01. The van der Waals surface area contributed by atoms with Gasteiger partial charge in [0.05, 0.1) is 0 Å². The van der Waals surface area contributed by atoms with Gasteiger partial charge in [-0.15, -0.1) is 0 Å². The molecule has 0 radical (unpaired) electrons. The normalized spacial score (nSPS) is 12.7. The molecule has 15 heavy (non-hydrogen) atoms. The van der Waals surface area contributed by atoms with Gasteiger partial charge in [-0.25, -0.2) is 4.98 Å². The Balaban J connectivity index is 2.22. The monoisotopic (exact) mass is 247 g/mol. The lowest BCUT2D eigenvalue weighted by atomic mass is 10.3. The van der Waals surface area contributed by atoms with Gasteiger partial charge in [0, 0.05) is 47.3 Å². The Morgan fingerprint density at radius 1 is 1.53 bits per heavy atom. The van der Waals surface area contributed by atoms with E-state index >= 15 is 0 Å². The summed E-state index contributed by atoms with van der Waals surface area (Å²) < 4.78 is 15.0. The van der Waals surface area contributed by atoms with E-state index < -0.39 is 10.8 Å². The zero-order valence-electron chi connectivity index (χ0n) is 9.15. The molecule has 1 unspecified atom stereocenters.